The molecule has 2 aliphatic rings. The summed E-state index contributed by atoms with van der Waals surface area (Å²) in [4.78, 5) is 14.3. The first-order valence-corrected chi connectivity index (χ1v) is 10.5. The van der Waals surface area contributed by atoms with Crippen molar-refractivity contribution in [1.29, 1.82) is 0 Å². The maximum atomic E-state index is 13.3. The summed E-state index contributed by atoms with van der Waals surface area (Å²) in [5.74, 6) is -2.13. The van der Waals surface area contributed by atoms with E-state index >= 15 is 0 Å². The van der Waals surface area contributed by atoms with Crippen molar-refractivity contribution in [3.63, 3.8) is 0 Å². The number of halogens is 3. The average Bonchev–Trinajstić information content (AvgIpc) is 3.25. The molecule has 2 fully saturated rings. The fourth-order valence-corrected chi connectivity index (χ4v) is 4.37. The third-order valence-electron chi connectivity index (χ3n) is 6.12. The fourth-order valence-electron chi connectivity index (χ4n) is 4.37. The molecule has 6 nitrogen and oxygen atoms in total. The van der Waals surface area contributed by atoms with Gasteiger partial charge in [-0.05, 0) is 56.5 Å². The van der Waals surface area contributed by atoms with Gasteiger partial charge in [0.05, 0.1) is 12.1 Å². The standard InChI is InChI=1S/C21H29F2N5O.ClH/c1-15-17(20(29)25-9-11-27-10-6-21(22,23)14-27)2-3-19-18(15)13-28(26-19)12-16-4-7-24-8-5-16;/h2-3,13,16,24H,4-12,14H2,1H3,(H,25,29);1H. The van der Waals surface area contributed by atoms with Gasteiger partial charge in [-0.2, -0.15) is 5.10 Å². The molecule has 1 aromatic heterocycles. The highest BCUT2D eigenvalue weighted by Gasteiger charge is 2.37. The first-order chi connectivity index (χ1) is 13.9. The summed E-state index contributed by atoms with van der Waals surface area (Å²) in [6.07, 6.45) is 4.26. The van der Waals surface area contributed by atoms with Crippen LogP contribution in [0.5, 0.6) is 0 Å². The van der Waals surface area contributed by atoms with E-state index in [1.54, 1.807) is 11.0 Å². The molecular weight excluding hydrogens is 412 g/mol. The monoisotopic (exact) mass is 441 g/mol. The second-order valence-corrected chi connectivity index (χ2v) is 8.35. The van der Waals surface area contributed by atoms with Crippen molar-refractivity contribution in [3.8, 4) is 0 Å². The molecule has 0 bridgehead atoms. The maximum Gasteiger partial charge on any atom is 0.261 e. The Kier molecular flexibility index (Phi) is 7.31. The fraction of sp³-hybridized carbons (Fsp3) is 0.619. The van der Waals surface area contributed by atoms with Gasteiger partial charge in [0.2, 0.25) is 0 Å². The molecule has 2 saturated heterocycles. The van der Waals surface area contributed by atoms with Crippen LogP contribution in [0.15, 0.2) is 18.3 Å². The molecule has 1 amide bonds. The van der Waals surface area contributed by atoms with Crippen LogP contribution in [0.25, 0.3) is 10.9 Å². The first-order valence-electron chi connectivity index (χ1n) is 10.5. The van der Waals surface area contributed by atoms with Gasteiger partial charge in [0, 0.05) is 49.7 Å². The van der Waals surface area contributed by atoms with E-state index < -0.39 is 5.92 Å². The molecule has 9 heteroatoms. The summed E-state index contributed by atoms with van der Waals surface area (Å²) in [5, 5.41) is 11.9. The molecule has 2 aliphatic heterocycles. The van der Waals surface area contributed by atoms with Crippen molar-refractivity contribution < 1.29 is 13.6 Å². The SMILES string of the molecule is Cc1c(C(=O)NCCN2CCC(F)(F)C2)ccc2nn(CC3CCNCC3)cc12.Cl. The maximum absolute atomic E-state index is 13.3. The van der Waals surface area contributed by atoms with Crippen molar-refractivity contribution >= 4 is 29.2 Å². The third kappa shape index (κ3) is 5.28. The van der Waals surface area contributed by atoms with Gasteiger partial charge in [-0.25, -0.2) is 8.78 Å². The number of carbonyl (C=O) groups excluding carboxylic acids is 1. The second kappa shape index (κ2) is 9.58. The Morgan fingerprint density at radius 2 is 2.10 bits per heavy atom. The van der Waals surface area contributed by atoms with Gasteiger partial charge in [0.1, 0.15) is 0 Å². The van der Waals surface area contributed by atoms with Crippen LogP contribution in [-0.4, -0.2) is 65.8 Å². The minimum absolute atomic E-state index is 0. The molecule has 1 aromatic carbocycles. The Labute approximate surface area is 181 Å². The van der Waals surface area contributed by atoms with Crippen LogP contribution in [0.3, 0.4) is 0 Å². The molecule has 30 heavy (non-hydrogen) atoms. The molecule has 3 heterocycles. The number of aromatic nitrogens is 2. The molecule has 4 rings (SSSR count). The summed E-state index contributed by atoms with van der Waals surface area (Å²) in [6, 6.07) is 3.69. The summed E-state index contributed by atoms with van der Waals surface area (Å²) >= 11 is 0. The molecule has 2 N–H and O–H groups in total. The molecule has 0 atom stereocenters. The van der Waals surface area contributed by atoms with Gasteiger partial charge in [-0.1, -0.05) is 0 Å². The van der Waals surface area contributed by atoms with E-state index in [-0.39, 0.29) is 31.3 Å². The number of nitrogens with one attached hydrogen (secondary N) is 2. The van der Waals surface area contributed by atoms with Crippen molar-refractivity contribution in [3.05, 3.63) is 29.5 Å². The van der Waals surface area contributed by atoms with Crippen LogP contribution in [0.4, 0.5) is 8.78 Å². The van der Waals surface area contributed by atoms with E-state index in [1.165, 1.54) is 0 Å². The number of fused-ring (bicyclic) bond motifs is 1. The van der Waals surface area contributed by atoms with E-state index in [0.717, 1.165) is 48.9 Å². The number of rotatable bonds is 6. The lowest BCUT2D eigenvalue weighted by molar-refractivity contribution is 0.0124. The van der Waals surface area contributed by atoms with Gasteiger partial charge in [-0.15, -0.1) is 12.4 Å². The molecule has 0 spiro atoms. The lowest BCUT2D eigenvalue weighted by atomic mass is 9.98. The summed E-state index contributed by atoms with van der Waals surface area (Å²) in [7, 11) is 0. The van der Waals surface area contributed by atoms with Gasteiger partial charge in [-0.3, -0.25) is 14.4 Å². The van der Waals surface area contributed by atoms with Gasteiger partial charge in [0.25, 0.3) is 11.8 Å². The van der Waals surface area contributed by atoms with Crippen LogP contribution < -0.4 is 10.6 Å². The summed E-state index contributed by atoms with van der Waals surface area (Å²) in [6.45, 7) is 5.92. The van der Waals surface area contributed by atoms with Gasteiger partial charge < -0.3 is 10.6 Å². The third-order valence-corrected chi connectivity index (χ3v) is 6.12. The Morgan fingerprint density at radius 3 is 2.80 bits per heavy atom. The molecule has 0 radical (unpaired) electrons. The van der Waals surface area contributed by atoms with Crippen molar-refractivity contribution in [2.45, 2.75) is 38.7 Å². The molecule has 0 unspecified atom stereocenters. The average molecular weight is 442 g/mol. The van der Waals surface area contributed by atoms with Gasteiger partial charge >= 0.3 is 0 Å². The van der Waals surface area contributed by atoms with E-state index in [1.807, 2.05) is 23.9 Å². The number of hydrogen-bond acceptors (Lipinski definition) is 4. The smallest absolute Gasteiger partial charge is 0.261 e. The Bertz CT molecular complexity index is 882. The summed E-state index contributed by atoms with van der Waals surface area (Å²) < 4.78 is 28.5. The zero-order valence-corrected chi connectivity index (χ0v) is 18.1. The number of nitrogens with zero attached hydrogens (tertiary/aromatic N) is 3. The van der Waals surface area contributed by atoms with Crippen molar-refractivity contribution in [2.75, 3.05) is 39.3 Å². The minimum atomic E-state index is -2.60. The number of hydrogen-bond donors (Lipinski definition) is 2. The predicted octanol–water partition coefficient (Wildman–Crippen LogP) is 2.84. The topological polar surface area (TPSA) is 62.2 Å². The molecule has 166 valence electrons. The Balaban J connectivity index is 0.00000256. The Hall–Kier alpha value is -1.77. The molecule has 2 aromatic rings. The minimum Gasteiger partial charge on any atom is -0.351 e. The second-order valence-electron chi connectivity index (χ2n) is 8.35. The highest BCUT2D eigenvalue weighted by atomic mass is 35.5. The molecular formula is C21H30ClF2N5O. The number of aryl methyl sites for hydroxylation is 1. The van der Waals surface area contributed by atoms with Crippen LogP contribution >= 0.6 is 12.4 Å². The van der Waals surface area contributed by atoms with E-state index in [9.17, 15) is 13.6 Å². The highest BCUT2D eigenvalue weighted by Crippen LogP contribution is 2.26. The van der Waals surface area contributed by atoms with E-state index in [4.69, 9.17) is 0 Å². The Morgan fingerprint density at radius 1 is 1.33 bits per heavy atom. The van der Waals surface area contributed by atoms with E-state index in [2.05, 4.69) is 15.7 Å². The number of benzene rings is 1. The predicted molar refractivity (Wildman–Crippen MR) is 116 cm³/mol. The quantitative estimate of drug-likeness (QED) is 0.723. The van der Waals surface area contributed by atoms with Crippen LogP contribution in [0.1, 0.15) is 35.2 Å². The lowest BCUT2D eigenvalue weighted by Crippen LogP contribution is -2.35. The van der Waals surface area contributed by atoms with Crippen molar-refractivity contribution in [1.82, 2.24) is 25.3 Å². The largest absolute Gasteiger partial charge is 0.351 e. The number of alkyl halides is 2. The van der Waals surface area contributed by atoms with Crippen molar-refractivity contribution in [2.24, 2.45) is 5.92 Å². The number of piperidine rings is 1. The first kappa shape index (κ1) is 22.9. The zero-order valence-electron chi connectivity index (χ0n) is 17.3. The summed E-state index contributed by atoms with van der Waals surface area (Å²) in [5.41, 5.74) is 2.42. The number of amides is 1. The van der Waals surface area contributed by atoms with Crippen LogP contribution in [-0.2, 0) is 6.54 Å². The van der Waals surface area contributed by atoms with Crippen LogP contribution in [0, 0.1) is 12.8 Å². The van der Waals surface area contributed by atoms with Crippen LogP contribution in [0.2, 0.25) is 0 Å². The van der Waals surface area contributed by atoms with E-state index in [0.29, 0.717) is 31.1 Å². The molecule has 0 aliphatic carbocycles. The molecule has 0 saturated carbocycles. The number of carbonyl (C=O) groups is 1. The zero-order chi connectivity index (χ0) is 20.4. The highest BCUT2D eigenvalue weighted by molar-refractivity contribution is 6.00. The normalized spacial score (nSPS) is 19.7. The number of likely N-dealkylation sites (tertiary alicyclic amines) is 1. The van der Waals surface area contributed by atoms with Gasteiger partial charge in [0.15, 0.2) is 0 Å². The lowest BCUT2D eigenvalue weighted by Gasteiger charge is -2.22.